The van der Waals surface area contributed by atoms with Crippen molar-refractivity contribution in [1.29, 1.82) is 0 Å². The number of carboxylic acid groups (broad SMARTS) is 1. The Hall–Kier alpha value is -3.00. The van der Waals surface area contributed by atoms with Gasteiger partial charge in [-0.3, -0.25) is 14.5 Å². The molecule has 1 aliphatic rings. The van der Waals surface area contributed by atoms with Gasteiger partial charge in [0, 0.05) is 25.2 Å². The van der Waals surface area contributed by atoms with Crippen LogP contribution in [0, 0.1) is 6.92 Å². The number of hydrogen-bond donors (Lipinski definition) is 2. The first-order valence-corrected chi connectivity index (χ1v) is 8.75. The van der Waals surface area contributed by atoms with Gasteiger partial charge in [-0.1, -0.05) is 24.3 Å². The van der Waals surface area contributed by atoms with E-state index in [0.29, 0.717) is 42.7 Å². The second-order valence-corrected chi connectivity index (χ2v) is 6.81. The van der Waals surface area contributed by atoms with Gasteiger partial charge in [-0.05, 0) is 25.1 Å². The van der Waals surface area contributed by atoms with E-state index >= 15 is 0 Å². The molecular weight excluding hydrogens is 346 g/mol. The Balaban J connectivity index is 1.63. The number of aliphatic carboxylic acids is 1. The number of rotatable bonds is 7. The number of benzene rings is 1. The second kappa shape index (κ2) is 7.71. The number of amides is 1. The van der Waals surface area contributed by atoms with Crippen LogP contribution in [0.3, 0.4) is 0 Å². The number of likely N-dealkylation sites (N-methyl/N-ethyl adjacent to an activating group) is 1. The first-order chi connectivity index (χ1) is 12.8. The summed E-state index contributed by atoms with van der Waals surface area (Å²) in [5.74, 6) is 0.671. The van der Waals surface area contributed by atoms with Crippen LogP contribution in [0.2, 0.25) is 0 Å². The van der Waals surface area contributed by atoms with Crippen molar-refractivity contribution in [2.45, 2.75) is 26.3 Å². The van der Waals surface area contributed by atoms with Crippen LogP contribution in [0.4, 0.5) is 11.6 Å². The molecule has 2 aromatic rings. The van der Waals surface area contributed by atoms with E-state index in [9.17, 15) is 9.59 Å². The number of fused-ring (bicyclic) bond motifs is 1. The number of aryl methyl sites for hydroxylation is 1. The van der Waals surface area contributed by atoms with Crippen LogP contribution in [0.5, 0.6) is 0 Å². The Morgan fingerprint density at radius 1 is 1.33 bits per heavy atom. The summed E-state index contributed by atoms with van der Waals surface area (Å²) in [6.45, 7) is 3.57. The fourth-order valence-corrected chi connectivity index (χ4v) is 3.26. The van der Waals surface area contributed by atoms with Crippen LogP contribution in [-0.2, 0) is 29.0 Å². The lowest BCUT2D eigenvalue weighted by molar-refractivity contribution is -0.136. The third-order valence-corrected chi connectivity index (χ3v) is 4.52. The van der Waals surface area contributed by atoms with E-state index < -0.39 is 5.97 Å². The molecule has 0 saturated carbocycles. The van der Waals surface area contributed by atoms with Crippen LogP contribution in [0.25, 0.3) is 0 Å². The molecular formula is C19H23N5O3. The predicted molar refractivity (Wildman–Crippen MR) is 101 cm³/mol. The Kier molecular flexibility index (Phi) is 5.36. The molecule has 3 N–H and O–H groups in total. The zero-order valence-electron chi connectivity index (χ0n) is 15.5. The Bertz CT molecular complexity index is 884. The first kappa shape index (κ1) is 18.8. The van der Waals surface area contributed by atoms with E-state index in [1.54, 1.807) is 11.8 Å². The van der Waals surface area contributed by atoms with E-state index in [2.05, 4.69) is 14.9 Å². The van der Waals surface area contributed by atoms with Crippen molar-refractivity contribution in [2.75, 3.05) is 30.8 Å². The molecule has 27 heavy (non-hydrogen) atoms. The Morgan fingerprint density at radius 3 is 2.81 bits per heavy atom. The number of anilines is 2. The van der Waals surface area contributed by atoms with Crippen LogP contribution < -0.4 is 10.6 Å². The molecule has 0 unspecified atom stereocenters. The number of carbonyl (C=O) groups excluding carboxylic acids is 1. The summed E-state index contributed by atoms with van der Waals surface area (Å²) in [5.41, 5.74) is 8.44. The minimum atomic E-state index is -0.844. The number of nitrogen functional groups attached to an aromatic ring is 1. The normalized spacial score (nSPS) is 13.3. The molecule has 0 fully saturated rings. The SMILES string of the molecule is Cc1nc(N)c2c(n1)N(CCN(C)Cc1cccc(CC(=O)O)c1)C(=O)C2. The van der Waals surface area contributed by atoms with Crippen molar-refractivity contribution in [3.05, 3.63) is 46.8 Å². The molecule has 8 nitrogen and oxygen atoms in total. The summed E-state index contributed by atoms with van der Waals surface area (Å²) in [6.07, 6.45) is 0.249. The molecule has 0 aliphatic carbocycles. The highest BCUT2D eigenvalue weighted by atomic mass is 16.4. The lowest BCUT2D eigenvalue weighted by Crippen LogP contribution is -2.35. The van der Waals surface area contributed by atoms with Crippen molar-refractivity contribution in [1.82, 2.24) is 14.9 Å². The largest absolute Gasteiger partial charge is 0.481 e. The molecule has 2 heterocycles. The average molecular weight is 369 g/mol. The molecule has 142 valence electrons. The van der Waals surface area contributed by atoms with E-state index in [0.717, 1.165) is 11.1 Å². The van der Waals surface area contributed by atoms with Crippen molar-refractivity contribution < 1.29 is 14.7 Å². The van der Waals surface area contributed by atoms with E-state index in [-0.39, 0.29) is 18.7 Å². The minimum absolute atomic E-state index is 0.0110. The number of aromatic nitrogens is 2. The van der Waals surface area contributed by atoms with Crippen molar-refractivity contribution in [2.24, 2.45) is 0 Å². The summed E-state index contributed by atoms with van der Waals surface area (Å²) in [4.78, 5) is 35.5. The Labute approximate surface area is 157 Å². The molecule has 1 aromatic heterocycles. The number of carbonyl (C=O) groups is 2. The maximum Gasteiger partial charge on any atom is 0.307 e. The summed E-state index contributed by atoms with van der Waals surface area (Å²) in [6, 6.07) is 7.54. The highest BCUT2D eigenvalue weighted by Crippen LogP contribution is 2.30. The minimum Gasteiger partial charge on any atom is -0.481 e. The van der Waals surface area contributed by atoms with Gasteiger partial charge in [0.2, 0.25) is 5.91 Å². The van der Waals surface area contributed by atoms with Crippen LogP contribution in [0.15, 0.2) is 24.3 Å². The van der Waals surface area contributed by atoms with Gasteiger partial charge >= 0.3 is 5.97 Å². The maximum absolute atomic E-state index is 12.3. The fourth-order valence-electron chi connectivity index (χ4n) is 3.26. The van der Waals surface area contributed by atoms with Gasteiger partial charge in [0.1, 0.15) is 17.5 Å². The van der Waals surface area contributed by atoms with E-state index in [1.165, 1.54) is 0 Å². The van der Waals surface area contributed by atoms with Crippen molar-refractivity contribution in [3.63, 3.8) is 0 Å². The van der Waals surface area contributed by atoms with Crippen LogP contribution >= 0.6 is 0 Å². The molecule has 1 aromatic carbocycles. The maximum atomic E-state index is 12.3. The molecule has 1 aliphatic heterocycles. The van der Waals surface area contributed by atoms with Crippen molar-refractivity contribution in [3.8, 4) is 0 Å². The summed E-state index contributed by atoms with van der Waals surface area (Å²) in [7, 11) is 1.96. The second-order valence-electron chi connectivity index (χ2n) is 6.81. The summed E-state index contributed by atoms with van der Waals surface area (Å²) in [5, 5.41) is 8.92. The van der Waals surface area contributed by atoms with Gasteiger partial charge < -0.3 is 15.7 Å². The van der Waals surface area contributed by atoms with Crippen LogP contribution in [-0.4, -0.2) is 52.0 Å². The first-order valence-electron chi connectivity index (χ1n) is 8.75. The number of hydrogen-bond acceptors (Lipinski definition) is 6. The zero-order chi connectivity index (χ0) is 19.6. The average Bonchev–Trinajstić information content (AvgIpc) is 2.88. The highest BCUT2D eigenvalue weighted by Gasteiger charge is 2.31. The van der Waals surface area contributed by atoms with Gasteiger partial charge in [-0.2, -0.15) is 0 Å². The van der Waals surface area contributed by atoms with E-state index in [1.807, 2.05) is 31.3 Å². The topological polar surface area (TPSA) is 113 Å². The molecule has 8 heteroatoms. The third-order valence-electron chi connectivity index (χ3n) is 4.52. The molecule has 3 rings (SSSR count). The molecule has 0 radical (unpaired) electrons. The zero-order valence-corrected chi connectivity index (χ0v) is 15.5. The monoisotopic (exact) mass is 369 g/mol. The quantitative estimate of drug-likeness (QED) is 0.749. The Morgan fingerprint density at radius 2 is 2.07 bits per heavy atom. The predicted octanol–water partition coefficient (Wildman–Crippen LogP) is 1.02. The molecule has 0 spiro atoms. The highest BCUT2D eigenvalue weighted by molar-refractivity contribution is 6.01. The molecule has 0 saturated heterocycles. The molecule has 0 atom stereocenters. The third kappa shape index (κ3) is 4.40. The lowest BCUT2D eigenvalue weighted by Gasteiger charge is -2.22. The van der Waals surface area contributed by atoms with Gasteiger partial charge in [-0.15, -0.1) is 0 Å². The van der Waals surface area contributed by atoms with Crippen LogP contribution in [0.1, 0.15) is 22.5 Å². The van der Waals surface area contributed by atoms with Crippen molar-refractivity contribution >= 4 is 23.5 Å². The number of nitrogens with two attached hydrogens (primary N) is 1. The smallest absolute Gasteiger partial charge is 0.307 e. The lowest BCUT2D eigenvalue weighted by atomic mass is 10.1. The molecule has 0 bridgehead atoms. The number of carboxylic acids is 1. The van der Waals surface area contributed by atoms with Gasteiger partial charge in [0.25, 0.3) is 0 Å². The summed E-state index contributed by atoms with van der Waals surface area (Å²) < 4.78 is 0. The molecule has 1 amide bonds. The standard InChI is InChI=1S/C19H23N5O3/c1-12-21-18(20)15-10-16(25)24(19(15)22-12)7-6-23(2)11-14-5-3-4-13(8-14)9-17(26)27/h3-5,8H,6-7,9-11H2,1-2H3,(H,26,27)(H2,20,21,22). The summed E-state index contributed by atoms with van der Waals surface area (Å²) >= 11 is 0. The van der Waals surface area contributed by atoms with Gasteiger partial charge in [0.15, 0.2) is 0 Å². The van der Waals surface area contributed by atoms with Gasteiger partial charge in [-0.25, -0.2) is 9.97 Å². The van der Waals surface area contributed by atoms with Gasteiger partial charge in [0.05, 0.1) is 12.8 Å². The van der Waals surface area contributed by atoms with E-state index in [4.69, 9.17) is 10.8 Å². The number of nitrogens with zero attached hydrogens (tertiary/aromatic N) is 4. The fraction of sp³-hybridized carbons (Fsp3) is 0.368.